The van der Waals surface area contributed by atoms with E-state index < -0.39 is 11.9 Å². The largest absolute Gasteiger partial charge is 0.493 e. The Morgan fingerprint density at radius 1 is 1.00 bits per heavy atom. The normalized spacial score (nSPS) is 15.0. The standard InChI is InChI=1S/C25H20ClNO7/c1-30-18-9-13(10-19(31-2)23(18)32-3)21-20-22(28)16-11-14(26)6-7-17(16)34-24(20)25(29)27(21)12-15-5-4-8-33-15/h4-11,21H,12H2,1-3H3/t21-/m0/s1. The summed E-state index contributed by atoms with van der Waals surface area (Å²) in [5.74, 6) is 1.28. The van der Waals surface area contributed by atoms with Crippen molar-refractivity contribution in [1.29, 1.82) is 0 Å². The molecule has 34 heavy (non-hydrogen) atoms. The molecule has 0 N–H and O–H groups in total. The monoisotopic (exact) mass is 481 g/mol. The van der Waals surface area contributed by atoms with Gasteiger partial charge in [0.1, 0.15) is 11.3 Å². The van der Waals surface area contributed by atoms with Crippen molar-refractivity contribution in [3.8, 4) is 17.2 Å². The first kappa shape index (κ1) is 21.9. The van der Waals surface area contributed by atoms with Crippen molar-refractivity contribution in [2.24, 2.45) is 0 Å². The van der Waals surface area contributed by atoms with Crippen LogP contribution in [0.4, 0.5) is 0 Å². The molecule has 0 saturated carbocycles. The van der Waals surface area contributed by atoms with E-state index in [9.17, 15) is 9.59 Å². The van der Waals surface area contributed by atoms with Crippen LogP contribution in [0.3, 0.4) is 0 Å². The second kappa shape index (κ2) is 8.46. The highest BCUT2D eigenvalue weighted by molar-refractivity contribution is 6.31. The Morgan fingerprint density at radius 3 is 2.35 bits per heavy atom. The van der Waals surface area contributed by atoms with Gasteiger partial charge in [0.2, 0.25) is 11.5 Å². The second-order valence-electron chi connectivity index (χ2n) is 7.69. The van der Waals surface area contributed by atoms with E-state index in [0.29, 0.717) is 33.6 Å². The summed E-state index contributed by atoms with van der Waals surface area (Å²) in [6.45, 7) is 0.119. The predicted molar refractivity (Wildman–Crippen MR) is 124 cm³/mol. The van der Waals surface area contributed by atoms with Crippen LogP contribution in [0.25, 0.3) is 11.0 Å². The fraction of sp³-hybridized carbons (Fsp3) is 0.200. The SMILES string of the molecule is COc1cc([C@H]2c3c(oc4ccc(Cl)cc4c3=O)C(=O)N2Cc2ccco2)cc(OC)c1OC. The van der Waals surface area contributed by atoms with Gasteiger partial charge >= 0.3 is 0 Å². The van der Waals surface area contributed by atoms with Crippen LogP contribution in [0.5, 0.6) is 17.2 Å². The molecule has 0 fully saturated rings. The van der Waals surface area contributed by atoms with Crippen LogP contribution in [-0.2, 0) is 6.54 Å². The van der Waals surface area contributed by atoms with E-state index in [-0.39, 0.29) is 34.3 Å². The van der Waals surface area contributed by atoms with Crippen molar-refractivity contribution in [1.82, 2.24) is 4.90 Å². The van der Waals surface area contributed by atoms with Gasteiger partial charge in [0.15, 0.2) is 16.9 Å². The first-order valence-electron chi connectivity index (χ1n) is 10.4. The first-order chi connectivity index (χ1) is 16.5. The number of rotatable bonds is 6. The Morgan fingerprint density at radius 2 is 1.74 bits per heavy atom. The number of nitrogens with zero attached hydrogens (tertiary/aromatic N) is 1. The summed E-state index contributed by atoms with van der Waals surface area (Å²) in [7, 11) is 4.50. The zero-order valence-corrected chi connectivity index (χ0v) is 19.3. The molecule has 0 radical (unpaired) electrons. The van der Waals surface area contributed by atoms with Gasteiger partial charge in [-0.05, 0) is 48.0 Å². The van der Waals surface area contributed by atoms with Gasteiger partial charge in [-0.3, -0.25) is 9.59 Å². The Bertz CT molecular complexity index is 1430. The summed E-state index contributed by atoms with van der Waals surface area (Å²) in [5, 5.41) is 0.678. The lowest BCUT2D eigenvalue weighted by atomic mass is 9.97. The Labute approximate surface area is 199 Å². The maximum absolute atomic E-state index is 13.7. The number of carbonyl (C=O) groups is 1. The molecule has 0 unspecified atom stereocenters. The summed E-state index contributed by atoms with van der Waals surface area (Å²) in [5.41, 5.74) is 0.736. The zero-order chi connectivity index (χ0) is 24.0. The lowest BCUT2D eigenvalue weighted by Gasteiger charge is -2.25. The minimum atomic E-state index is -0.791. The molecule has 3 heterocycles. The van der Waals surface area contributed by atoms with Gasteiger partial charge < -0.3 is 27.9 Å². The zero-order valence-electron chi connectivity index (χ0n) is 18.6. The third-order valence-electron chi connectivity index (χ3n) is 5.84. The van der Waals surface area contributed by atoms with E-state index in [4.69, 9.17) is 34.6 Å². The molecule has 0 spiro atoms. The number of hydrogen-bond donors (Lipinski definition) is 0. The summed E-state index contributed by atoms with van der Waals surface area (Å²) in [4.78, 5) is 28.7. The topological polar surface area (TPSA) is 91.4 Å². The fourth-order valence-electron chi connectivity index (χ4n) is 4.33. The van der Waals surface area contributed by atoms with Crippen molar-refractivity contribution in [3.05, 3.63) is 86.6 Å². The average Bonchev–Trinajstić information content (AvgIpc) is 3.46. The highest BCUT2D eigenvalue weighted by Crippen LogP contribution is 2.45. The van der Waals surface area contributed by atoms with Gasteiger partial charge in [0, 0.05) is 5.02 Å². The minimum absolute atomic E-state index is 0.0230. The molecule has 1 amide bonds. The van der Waals surface area contributed by atoms with Gasteiger partial charge in [-0.2, -0.15) is 0 Å². The third-order valence-corrected chi connectivity index (χ3v) is 6.07. The number of hydrogen-bond acceptors (Lipinski definition) is 7. The van der Waals surface area contributed by atoms with Gasteiger partial charge in [0.05, 0.1) is 51.1 Å². The molecule has 174 valence electrons. The second-order valence-corrected chi connectivity index (χ2v) is 8.12. The molecular formula is C25H20ClNO7. The highest BCUT2D eigenvalue weighted by Gasteiger charge is 2.43. The molecule has 8 nitrogen and oxygen atoms in total. The number of amides is 1. The van der Waals surface area contributed by atoms with E-state index in [1.807, 2.05) is 0 Å². The molecular weight excluding hydrogens is 462 g/mol. The Balaban J connectivity index is 1.78. The summed E-state index contributed by atoms with van der Waals surface area (Å²) in [6, 6.07) is 10.9. The molecule has 5 rings (SSSR count). The van der Waals surface area contributed by atoms with Crippen LogP contribution in [-0.4, -0.2) is 32.1 Å². The van der Waals surface area contributed by atoms with Crippen molar-refractivity contribution in [2.45, 2.75) is 12.6 Å². The molecule has 0 aliphatic carbocycles. The number of fused-ring (bicyclic) bond motifs is 2. The Hall–Kier alpha value is -3.91. The number of benzene rings is 2. The molecule has 9 heteroatoms. The number of furan rings is 1. The van der Waals surface area contributed by atoms with Crippen LogP contribution in [0.2, 0.25) is 5.02 Å². The lowest BCUT2D eigenvalue weighted by molar-refractivity contribution is 0.0701. The fourth-order valence-corrected chi connectivity index (χ4v) is 4.50. The smallest absolute Gasteiger partial charge is 0.291 e. The number of methoxy groups -OCH3 is 3. The van der Waals surface area contributed by atoms with Gasteiger partial charge in [-0.25, -0.2) is 0 Å². The molecule has 0 bridgehead atoms. The molecule has 2 aromatic heterocycles. The van der Waals surface area contributed by atoms with Crippen molar-refractivity contribution in [3.63, 3.8) is 0 Å². The first-order valence-corrected chi connectivity index (χ1v) is 10.7. The molecule has 1 aliphatic rings. The molecule has 4 aromatic rings. The number of halogens is 1. The maximum Gasteiger partial charge on any atom is 0.291 e. The molecule has 0 saturated heterocycles. The van der Waals surface area contributed by atoms with E-state index in [2.05, 4.69) is 0 Å². The maximum atomic E-state index is 13.7. The average molecular weight is 482 g/mol. The number of ether oxygens (including phenoxy) is 3. The van der Waals surface area contributed by atoms with E-state index >= 15 is 0 Å². The molecule has 1 aliphatic heterocycles. The predicted octanol–water partition coefficient (Wildman–Crippen LogP) is 4.81. The van der Waals surface area contributed by atoms with E-state index in [1.54, 1.807) is 36.4 Å². The van der Waals surface area contributed by atoms with Crippen LogP contribution >= 0.6 is 11.6 Å². The van der Waals surface area contributed by atoms with Gasteiger partial charge in [0.25, 0.3) is 5.91 Å². The summed E-state index contributed by atoms with van der Waals surface area (Å²) >= 11 is 6.14. The highest BCUT2D eigenvalue weighted by atomic mass is 35.5. The quantitative estimate of drug-likeness (QED) is 0.390. The lowest BCUT2D eigenvalue weighted by Crippen LogP contribution is -2.29. The third kappa shape index (κ3) is 3.38. The van der Waals surface area contributed by atoms with Crippen LogP contribution < -0.4 is 19.6 Å². The van der Waals surface area contributed by atoms with Gasteiger partial charge in [-0.1, -0.05) is 11.6 Å². The van der Waals surface area contributed by atoms with Crippen molar-refractivity contribution in [2.75, 3.05) is 21.3 Å². The molecule has 2 aromatic carbocycles. The Kier molecular flexibility index (Phi) is 5.45. The van der Waals surface area contributed by atoms with E-state index in [1.165, 1.54) is 38.6 Å². The van der Waals surface area contributed by atoms with Crippen LogP contribution in [0, 0.1) is 0 Å². The van der Waals surface area contributed by atoms with Crippen LogP contribution in [0.15, 0.2) is 62.4 Å². The van der Waals surface area contributed by atoms with Gasteiger partial charge in [-0.15, -0.1) is 0 Å². The summed E-state index contributed by atoms with van der Waals surface area (Å²) in [6.07, 6.45) is 1.52. The van der Waals surface area contributed by atoms with Crippen molar-refractivity contribution < 1.29 is 27.8 Å². The van der Waals surface area contributed by atoms with Crippen molar-refractivity contribution >= 4 is 28.5 Å². The van der Waals surface area contributed by atoms with E-state index in [0.717, 1.165) is 0 Å². The molecule has 1 atom stereocenters. The van der Waals surface area contributed by atoms with Crippen LogP contribution in [0.1, 0.15) is 33.5 Å². The minimum Gasteiger partial charge on any atom is -0.493 e. The summed E-state index contributed by atoms with van der Waals surface area (Å²) < 4.78 is 27.9. The number of carbonyl (C=O) groups excluding carboxylic acids is 1.